The number of rotatable bonds is 4. The molecule has 0 amide bonds. The van der Waals surface area contributed by atoms with E-state index in [1.807, 2.05) is 41.1 Å². The van der Waals surface area contributed by atoms with Crippen LogP contribution in [0, 0.1) is 5.82 Å². The first-order valence-electron chi connectivity index (χ1n) is 7.08. The average molecular weight is 331 g/mol. The van der Waals surface area contributed by atoms with E-state index in [1.165, 1.54) is 18.2 Å². The van der Waals surface area contributed by atoms with Crippen LogP contribution in [0.2, 0.25) is 0 Å². The van der Waals surface area contributed by atoms with Gasteiger partial charge in [0, 0.05) is 17.9 Å². The Hall–Kier alpha value is -2.40. The molecule has 1 aromatic carbocycles. The maximum Gasteiger partial charge on any atom is 0.158 e. The molecule has 0 aliphatic heterocycles. The minimum absolute atomic E-state index is 0.0270. The van der Waals surface area contributed by atoms with Gasteiger partial charge in [0.25, 0.3) is 0 Å². The van der Waals surface area contributed by atoms with Crippen molar-refractivity contribution in [1.82, 2.24) is 4.40 Å². The molecule has 23 heavy (non-hydrogen) atoms. The Morgan fingerprint density at radius 2 is 1.78 bits per heavy atom. The molecule has 0 unspecified atom stereocenters. The van der Waals surface area contributed by atoms with Gasteiger partial charge in [-0.15, -0.1) is 6.58 Å². The van der Waals surface area contributed by atoms with Gasteiger partial charge in [-0.3, -0.25) is 0 Å². The van der Waals surface area contributed by atoms with Crippen LogP contribution < -0.4 is 0 Å². The predicted molar refractivity (Wildman–Crippen MR) is 91.5 cm³/mol. The highest BCUT2D eigenvalue weighted by Crippen LogP contribution is 2.13. The Kier molecular flexibility index (Phi) is 5.71. The van der Waals surface area contributed by atoms with Gasteiger partial charge in [-0.2, -0.15) is 0 Å². The summed E-state index contributed by atoms with van der Waals surface area (Å²) in [4.78, 5) is 0. The van der Waals surface area contributed by atoms with Crippen LogP contribution in [0.3, 0.4) is 0 Å². The van der Waals surface area contributed by atoms with E-state index >= 15 is 0 Å². The van der Waals surface area contributed by atoms with E-state index in [0.717, 1.165) is 11.1 Å². The smallest absolute Gasteiger partial charge is 0.158 e. The van der Waals surface area contributed by atoms with Gasteiger partial charge in [0.15, 0.2) is 9.84 Å². The molecule has 0 fully saturated rings. The molecule has 0 spiro atoms. The quantitative estimate of drug-likeness (QED) is 0.681. The van der Waals surface area contributed by atoms with Crippen LogP contribution >= 0.6 is 0 Å². The molecule has 5 heteroatoms. The van der Waals surface area contributed by atoms with Gasteiger partial charge in [-0.25, -0.2) is 12.8 Å². The number of fused-ring (bicyclic) bond motifs is 1. The van der Waals surface area contributed by atoms with Crippen molar-refractivity contribution in [3.63, 3.8) is 0 Å². The van der Waals surface area contributed by atoms with Crippen molar-refractivity contribution >= 4 is 15.4 Å². The SMILES string of the molecule is C=CCS(=O)(=O)Cc1cc2ccccn2c1.Fc1ccccc1. The number of benzene rings is 1. The lowest BCUT2D eigenvalue weighted by atomic mass is 10.3. The average Bonchev–Trinajstić information content (AvgIpc) is 2.89. The number of halogens is 1. The van der Waals surface area contributed by atoms with E-state index in [-0.39, 0.29) is 17.3 Å². The van der Waals surface area contributed by atoms with Gasteiger partial charge in [0.1, 0.15) is 5.82 Å². The van der Waals surface area contributed by atoms with Crippen molar-refractivity contribution in [1.29, 1.82) is 0 Å². The number of hydrogen-bond donors (Lipinski definition) is 0. The van der Waals surface area contributed by atoms with Crippen molar-refractivity contribution in [2.24, 2.45) is 0 Å². The summed E-state index contributed by atoms with van der Waals surface area (Å²) in [5, 5.41) is 0. The molecule has 0 bridgehead atoms. The van der Waals surface area contributed by atoms with Gasteiger partial charge in [-0.05, 0) is 35.9 Å². The lowest BCUT2D eigenvalue weighted by Gasteiger charge is -1.97. The normalized spacial score (nSPS) is 10.8. The molecule has 2 aromatic heterocycles. The minimum atomic E-state index is -3.06. The molecule has 0 atom stereocenters. The zero-order valence-electron chi connectivity index (χ0n) is 12.6. The lowest BCUT2D eigenvalue weighted by molar-refractivity contribution is 0.598. The Bertz CT molecular complexity index is 837. The molecular formula is C18H18FNO2S. The largest absolute Gasteiger partial charge is 0.324 e. The van der Waals surface area contributed by atoms with Gasteiger partial charge >= 0.3 is 0 Å². The molecule has 0 N–H and O–H groups in total. The molecule has 3 aromatic rings. The van der Waals surface area contributed by atoms with E-state index < -0.39 is 9.84 Å². The first-order valence-corrected chi connectivity index (χ1v) is 8.90. The second kappa shape index (κ2) is 7.74. The van der Waals surface area contributed by atoms with Crippen LogP contribution in [0.1, 0.15) is 5.56 Å². The lowest BCUT2D eigenvalue weighted by Crippen LogP contribution is -2.06. The summed E-state index contributed by atoms with van der Waals surface area (Å²) in [6, 6.07) is 15.6. The van der Waals surface area contributed by atoms with Crippen LogP contribution in [-0.2, 0) is 15.6 Å². The number of pyridine rings is 1. The van der Waals surface area contributed by atoms with Crippen molar-refractivity contribution < 1.29 is 12.8 Å². The third-order valence-corrected chi connectivity index (χ3v) is 4.57. The number of aromatic nitrogens is 1. The number of nitrogens with zero attached hydrogens (tertiary/aromatic N) is 1. The standard InChI is InChI=1S/C12H13NO2S.C6H5F/c1-2-7-16(14,15)10-11-8-12-5-3-4-6-13(12)9-11;7-6-4-2-1-3-5-6/h2-6,8-9H,1,7,10H2;1-5H. The Labute approximate surface area is 135 Å². The summed E-state index contributed by atoms with van der Waals surface area (Å²) in [7, 11) is -3.06. The molecule has 2 heterocycles. The van der Waals surface area contributed by atoms with Crippen LogP contribution in [-0.4, -0.2) is 18.6 Å². The Balaban J connectivity index is 0.000000229. The monoisotopic (exact) mass is 331 g/mol. The van der Waals surface area contributed by atoms with Gasteiger partial charge < -0.3 is 4.40 Å². The summed E-state index contributed by atoms with van der Waals surface area (Å²) >= 11 is 0. The van der Waals surface area contributed by atoms with E-state index in [4.69, 9.17) is 0 Å². The van der Waals surface area contributed by atoms with E-state index in [0.29, 0.717) is 0 Å². The van der Waals surface area contributed by atoms with Gasteiger partial charge in [0.2, 0.25) is 0 Å². The zero-order chi connectivity index (χ0) is 16.7. The van der Waals surface area contributed by atoms with Crippen molar-refractivity contribution in [2.75, 3.05) is 5.75 Å². The Morgan fingerprint density at radius 3 is 2.35 bits per heavy atom. The van der Waals surface area contributed by atoms with Crippen molar-refractivity contribution in [3.8, 4) is 0 Å². The van der Waals surface area contributed by atoms with Gasteiger partial charge in [-0.1, -0.05) is 30.3 Å². The molecule has 0 radical (unpaired) electrons. The van der Waals surface area contributed by atoms with E-state index in [9.17, 15) is 12.8 Å². The fourth-order valence-corrected chi connectivity index (χ4v) is 3.24. The molecule has 0 aliphatic rings. The number of hydrogen-bond acceptors (Lipinski definition) is 2. The van der Waals surface area contributed by atoms with Crippen molar-refractivity contribution in [3.05, 3.63) is 91.0 Å². The van der Waals surface area contributed by atoms with Gasteiger partial charge in [0.05, 0.1) is 11.5 Å². The van der Waals surface area contributed by atoms with Crippen molar-refractivity contribution in [2.45, 2.75) is 5.75 Å². The molecule has 0 aliphatic carbocycles. The topological polar surface area (TPSA) is 38.5 Å². The summed E-state index contributed by atoms with van der Waals surface area (Å²) in [5.74, 6) is -0.0811. The number of sulfone groups is 1. The second-order valence-corrected chi connectivity index (χ2v) is 7.13. The van der Waals surface area contributed by atoms with E-state index in [1.54, 1.807) is 18.2 Å². The molecular weight excluding hydrogens is 313 g/mol. The van der Waals surface area contributed by atoms with Crippen LogP contribution in [0.15, 0.2) is 79.6 Å². The molecule has 0 saturated carbocycles. The van der Waals surface area contributed by atoms with Crippen LogP contribution in [0.4, 0.5) is 4.39 Å². The predicted octanol–water partition coefficient (Wildman–Crippen LogP) is 3.87. The Morgan fingerprint density at radius 1 is 1.09 bits per heavy atom. The zero-order valence-corrected chi connectivity index (χ0v) is 13.4. The highest BCUT2D eigenvalue weighted by Gasteiger charge is 2.11. The maximum absolute atomic E-state index is 11.9. The summed E-state index contributed by atoms with van der Waals surface area (Å²) < 4.78 is 37.0. The van der Waals surface area contributed by atoms with E-state index in [2.05, 4.69) is 6.58 Å². The summed E-state index contributed by atoms with van der Waals surface area (Å²) in [6.45, 7) is 3.45. The van der Waals surface area contributed by atoms with Crippen LogP contribution in [0.25, 0.3) is 5.52 Å². The molecule has 120 valence electrons. The third-order valence-electron chi connectivity index (χ3n) is 3.05. The summed E-state index contributed by atoms with van der Waals surface area (Å²) in [5.41, 5.74) is 1.82. The maximum atomic E-state index is 11.9. The highest BCUT2D eigenvalue weighted by atomic mass is 32.2. The highest BCUT2D eigenvalue weighted by molar-refractivity contribution is 7.90. The fraction of sp³-hybridized carbons (Fsp3) is 0.111. The summed E-state index contributed by atoms with van der Waals surface area (Å²) in [6.07, 6.45) is 5.17. The van der Waals surface area contributed by atoms with Crippen LogP contribution in [0.5, 0.6) is 0 Å². The third kappa shape index (κ3) is 5.38. The first-order chi connectivity index (χ1) is 11.0. The fourth-order valence-electron chi connectivity index (χ4n) is 2.10. The molecule has 0 saturated heterocycles. The first kappa shape index (κ1) is 17.0. The molecule has 3 rings (SSSR count). The second-order valence-electron chi connectivity index (χ2n) is 5.02. The molecule has 3 nitrogen and oxygen atoms in total. The minimum Gasteiger partial charge on any atom is -0.324 e.